The van der Waals surface area contributed by atoms with Crippen molar-refractivity contribution in [2.75, 3.05) is 0 Å². The highest BCUT2D eigenvalue weighted by atomic mass is 16.3. The van der Waals surface area contributed by atoms with Gasteiger partial charge in [-0.2, -0.15) is 0 Å². The second-order valence-electron chi connectivity index (χ2n) is 22.2. The van der Waals surface area contributed by atoms with E-state index in [2.05, 4.69) is 217 Å². The molecule has 1 N–H and O–H groups in total. The SMILES string of the molecule is Cc1ccnc2c1C(C)(C)C(C)(C)c1c-2cc(-c2cccc3c2nc(-c2cc(C(C)(C)C)cc(C(C)(C)C)c2O)n3-c2ccc(C(C)(C)C)cc2-c2ccccc2)c2ccccc12. The lowest BCUT2D eigenvalue weighted by atomic mass is 9.54. The largest absolute Gasteiger partial charge is 0.507 e. The van der Waals surface area contributed by atoms with Crippen LogP contribution in [0.15, 0.2) is 121 Å². The minimum Gasteiger partial charge on any atom is -0.507 e. The molecule has 0 amide bonds. The molecule has 8 aromatic rings. The monoisotopic (exact) mass is 829 g/mol. The molecule has 0 bridgehead atoms. The lowest BCUT2D eigenvalue weighted by Crippen LogP contribution is -2.44. The fourth-order valence-corrected chi connectivity index (χ4v) is 10.2. The zero-order valence-corrected chi connectivity index (χ0v) is 39.8. The van der Waals surface area contributed by atoms with Crippen molar-refractivity contribution in [2.45, 2.75) is 124 Å². The second-order valence-corrected chi connectivity index (χ2v) is 22.2. The molecule has 0 fully saturated rings. The van der Waals surface area contributed by atoms with E-state index in [1.807, 2.05) is 6.20 Å². The highest BCUT2D eigenvalue weighted by Crippen LogP contribution is 2.57. The average Bonchev–Trinajstić information content (AvgIpc) is 3.61. The number of benzene rings is 6. The standard InChI is InChI=1S/C59H63N3O/c1-35-29-30-60-52-44-34-43(39-23-18-19-24-40(39)50(44)59(13,14)58(11,12)49(35)52)41-25-20-26-48-51(41)61-54(45-32-38(56(5,6)7)33-46(53(45)63)57(8,9)10)62(48)47-28-27-37(55(2,3)4)31-42(47)36-21-16-15-17-22-36/h15-34,63H,1-14H3. The number of hydrogen-bond acceptors (Lipinski definition) is 3. The highest BCUT2D eigenvalue weighted by Gasteiger charge is 2.48. The summed E-state index contributed by atoms with van der Waals surface area (Å²) in [7, 11) is 0. The van der Waals surface area contributed by atoms with Gasteiger partial charge in [0, 0.05) is 39.3 Å². The topological polar surface area (TPSA) is 50.9 Å². The number of pyridine rings is 1. The molecule has 0 spiro atoms. The minimum atomic E-state index is -0.321. The number of phenolic OH excluding ortho intramolecular Hbond substituents is 1. The number of fused-ring (bicyclic) bond motifs is 6. The number of aromatic hydroxyl groups is 1. The Morgan fingerprint density at radius 2 is 1.17 bits per heavy atom. The van der Waals surface area contributed by atoms with Crippen LogP contribution < -0.4 is 0 Å². The molecular weight excluding hydrogens is 767 g/mol. The maximum Gasteiger partial charge on any atom is 0.149 e. The van der Waals surface area contributed by atoms with Gasteiger partial charge in [0.25, 0.3) is 0 Å². The van der Waals surface area contributed by atoms with Crippen LogP contribution in [0.4, 0.5) is 0 Å². The van der Waals surface area contributed by atoms with Gasteiger partial charge in [-0.3, -0.25) is 9.55 Å². The molecule has 1 aliphatic rings. The summed E-state index contributed by atoms with van der Waals surface area (Å²) in [5.41, 5.74) is 16.5. The first-order valence-electron chi connectivity index (χ1n) is 22.6. The predicted molar refractivity (Wildman–Crippen MR) is 267 cm³/mol. The molecule has 0 aliphatic heterocycles. The van der Waals surface area contributed by atoms with Gasteiger partial charge in [-0.25, -0.2) is 4.98 Å². The molecule has 4 heteroatoms. The molecule has 63 heavy (non-hydrogen) atoms. The van der Waals surface area contributed by atoms with Gasteiger partial charge >= 0.3 is 0 Å². The summed E-state index contributed by atoms with van der Waals surface area (Å²) in [6.07, 6.45) is 1.97. The molecule has 9 rings (SSSR count). The third-order valence-electron chi connectivity index (χ3n) is 14.5. The van der Waals surface area contributed by atoms with E-state index in [0.29, 0.717) is 5.82 Å². The second kappa shape index (κ2) is 14.3. The van der Waals surface area contributed by atoms with Crippen LogP contribution in [-0.4, -0.2) is 19.6 Å². The molecule has 0 unspecified atom stereocenters. The van der Waals surface area contributed by atoms with Crippen molar-refractivity contribution in [3.63, 3.8) is 0 Å². The van der Waals surface area contributed by atoms with Crippen molar-refractivity contribution in [2.24, 2.45) is 0 Å². The Hall–Kier alpha value is -6.00. The zero-order valence-electron chi connectivity index (χ0n) is 39.8. The zero-order chi connectivity index (χ0) is 45.2. The lowest BCUT2D eigenvalue weighted by molar-refractivity contribution is 0.299. The van der Waals surface area contributed by atoms with Gasteiger partial charge in [0.2, 0.25) is 0 Å². The van der Waals surface area contributed by atoms with Gasteiger partial charge in [-0.05, 0) is 109 Å². The van der Waals surface area contributed by atoms with Crippen molar-refractivity contribution >= 4 is 21.8 Å². The van der Waals surface area contributed by atoms with E-state index in [4.69, 9.17) is 9.97 Å². The van der Waals surface area contributed by atoms with Crippen molar-refractivity contribution in [1.29, 1.82) is 0 Å². The lowest BCUT2D eigenvalue weighted by Gasteiger charge is -2.49. The van der Waals surface area contributed by atoms with E-state index in [1.165, 1.54) is 38.6 Å². The summed E-state index contributed by atoms with van der Waals surface area (Å²) in [5.74, 6) is 0.975. The van der Waals surface area contributed by atoms with Gasteiger partial charge in [0.15, 0.2) is 0 Å². The Kier molecular flexibility index (Phi) is 9.58. The quantitative estimate of drug-likeness (QED) is 0.192. The first-order chi connectivity index (χ1) is 29.5. The Labute approximate surface area is 375 Å². The maximum atomic E-state index is 12.6. The van der Waals surface area contributed by atoms with E-state index in [-0.39, 0.29) is 32.8 Å². The summed E-state index contributed by atoms with van der Waals surface area (Å²) < 4.78 is 2.31. The summed E-state index contributed by atoms with van der Waals surface area (Å²) in [6.45, 7) is 31.9. The molecule has 0 radical (unpaired) electrons. The third kappa shape index (κ3) is 6.62. The molecule has 2 heterocycles. The number of aromatic nitrogens is 3. The number of para-hydroxylation sites is 1. The summed E-state index contributed by atoms with van der Waals surface area (Å²) in [4.78, 5) is 10.9. The molecule has 1 aliphatic carbocycles. The molecule has 4 nitrogen and oxygen atoms in total. The Morgan fingerprint density at radius 1 is 0.540 bits per heavy atom. The number of imidazole rings is 1. The van der Waals surface area contributed by atoms with Gasteiger partial charge in [-0.15, -0.1) is 0 Å². The van der Waals surface area contributed by atoms with Gasteiger partial charge in [-0.1, -0.05) is 169 Å². The Balaban J connectivity index is 1.44. The molecule has 0 atom stereocenters. The van der Waals surface area contributed by atoms with Crippen molar-refractivity contribution in [3.8, 4) is 56.3 Å². The molecule has 6 aromatic carbocycles. The molecule has 2 aromatic heterocycles. The van der Waals surface area contributed by atoms with Gasteiger partial charge in [0.05, 0.1) is 28.0 Å². The summed E-state index contributed by atoms with van der Waals surface area (Å²) in [6, 6.07) is 42.0. The summed E-state index contributed by atoms with van der Waals surface area (Å²) in [5, 5.41) is 15.0. The van der Waals surface area contributed by atoms with Crippen LogP contribution in [-0.2, 0) is 27.1 Å². The highest BCUT2D eigenvalue weighted by molar-refractivity contribution is 6.09. The number of aryl methyl sites for hydroxylation is 1. The van der Waals surface area contributed by atoms with Crippen LogP contribution in [0.25, 0.3) is 72.4 Å². The molecule has 0 saturated heterocycles. The summed E-state index contributed by atoms with van der Waals surface area (Å²) >= 11 is 0. The van der Waals surface area contributed by atoms with Crippen LogP contribution in [0.5, 0.6) is 5.75 Å². The molecule has 0 saturated carbocycles. The van der Waals surface area contributed by atoms with E-state index in [1.54, 1.807) is 0 Å². The normalized spacial score (nSPS) is 14.8. The van der Waals surface area contributed by atoms with Crippen LogP contribution in [0, 0.1) is 6.92 Å². The van der Waals surface area contributed by atoms with E-state index in [0.717, 1.165) is 61.4 Å². The number of phenols is 1. The smallest absolute Gasteiger partial charge is 0.149 e. The first kappa shape index (κ1) is 42.3. The van der Waals surface area contributed by atoms with Crippen LogP contribution in [0.3, 0.4) is 0 Å². The number of nitrogens with zero attached hydrogens (tertiary/aromatic N) is 3. The van der Waals surface area contributed by atoms with E-state index in [9.17, 15) is 5.11 Å². The minimum absolute atomic E-state index is 0.0702. The van der Waals surface area contributed by atoms with Crippen molar-refractivity contribution in [1.82, 2.24) is 14.5 Å². The number of rotatable bonds is 4. The Morgan fingerprint density at radius 3 is 1.84 bits per heavy atom. The van der Waals surface area contributed by atoms with E-state index < -0.39 is 0 Å². The van der Waals surface area contributed by atoms with Gasteiger partial charge < -0.3 is 5.11 Å². The van der Waals surface area contributed by atoms with Crippen LogP contribution >= 0.6 is 0 Å². The maximum absolute atomic E-state index is 12.6. The van der Waals surface area contributed by atoms with Gasteiger partial charge in [0.1, 0.15) is 11.6 Å². The number of hydrogen-bond donors (Lipinski definition) is 1. The van der Waals surface area contributed by atoms with Crippen LogP contribution in [0.2, 0.25) is 0 Å². The molecular formula is C59H63N3O. The first-order valence-corrected chi connectivity index (χ1v) is 22.6. The fraction of sp³-hybridized carbons (Fsp3) is 0.322. The predicted octanol–water partition coefficient (Wildman–Crippen LogP) is 15.7. The van der Waals surface area contributed by atoms with Crippen LogP contribution in [0.1, 0.15) is 123 Å². The van der Waals surface area contributed by atoms with Crippen molar-refractivity contribution in [3.05, 3.63) is 155 Å². The van der Waals surface area contributed by atoms with Crippen molar-refractivity contribution < 1.29 is 5.11 Å². The molecule has 320 valence electrons. The average molecular weight is 830 g/mol. The fourth-order valence-electron chi connectivity index (χ4n) is 10.2. The third-order valence-corrected chi connectivity index (χ3v) is 14.5. The van der Waals surface area contributed by atoms with E-state index >= 15 is 0 Å². The Bertz CT molecular complexity index is 3120.